The fraction of sp³-hybridized carbons (Fsp3) is 0. The van der Waals surface area contributed by atoms with Gasteiger partial charge in [0.2, 0.25) is 0 Å². The van der Waals surface area contributed by atoms with E-state index in [0.29, 0.717) is 31.6 Å². The molecule has 0 aliphatic rings. The molecular formula is C18H11Cl4NO. The van der Waals surface area contributed by atoms with Gasteiger partial charge in [0.15, 0.2) is 5.75 Å². The molecule has 0 bridgehead atoms. The van der Waals surface area contributed by atoms with Crippen LogP contribution in [0.25, 0.3) is 0 Å². The molecule has 0 saturated carbocycles. The van der Waals surface area contributed by atoms with Crippen molar-refractivity contribution in [3.63, 3.8) is 0 Å². The van der Waals surface area contributed by atoms with E-state index in [2.05, 4.69) is 5.32 Å². The monoisotopic (exact) mass is 397 g/mol. The maximum absolute atomic E-state index is 6.32. The van der Waals surface area contributed by atoms with Gasteiger partial charge in [-0.2, -0.15) is 0 Å². The predicted octanol–water partition coefficient (Wildman–Crippen LogP) is 7.84. The van der Waals surface area contributed by atoms with Crippen molar-refractivity contribution >= 4 is 57.8 Å². The van der Waals surface area contributed by atoms with E-state index >= 15 is 0 Å². The van der Waals surface area contributed by atoms with Crippen LogP contribution in [0.1, 0.15) is 0 Å². The minimum Gasteiger partial charge on any atom is -0.453 e. The molecule has 3 rings (SSSR count). The molecule has 24 heavy (non-hydrogen) atoms. The van der Waals surface area contributed by atoms with Crippen molar-refractivity contribution in [2.45, 2.75) is 0 Å². The minimum atomic E-state index is 0.334. The van der Waals surface area contributed by atoms with E-state index in [0.717, 1.165) is 11.4 Å². The lowest BCUT2D eigenvalue weighted by Gasteiger charge is -2.13. The normalized spacial score (nSPS) is 10.5. The minimum absolute atomic E-state index is 0.334. The highest BCUT2D eigenvalue weighted by Crippen LogP contribution is 2.41. The Labute approximate surface area is 159 Å². The summed E-state index contributed by atoms with van der Waals surface area (Å²) in [5.74, 6) is 0.759. The molecule has 0 spiro atoms. The lowest BCUT2D eigenvalue weighted by molar-refractivity contribution is 0.483. The summed E-state index contributed by atoms with van der Waals surface area (Å²) in [5, 5.41) is 4.86. The Balaban J connectivity index is 1.87. The van der Waals surface area contributed by atoms with Gasteiger partial charge in [0, 0.05) is 16.4 Å². The fourth-order valence-corrected chi connectivity index (χ4v) is 3.10. The number of ether oxygens (including phenoxy) is 1. The maximum Gasteiger partial charge on any atom is 0.164 e. The molecule has 0 unspecified atom stereocenters. The average Bonchev–Trinajstić information content (AvgIpc) is 2.53. The van der Waals surface area contributed by atoms with Gasteiger partial charge in [-0.1, -0.05) is 64.6 Å². The first-order chi connectivity index (χ1) is 11.5. The summed E-state index contributed by atoms with van der Waals surface area (Å²) in [6.45, 7) is 0. The second kappa shape index (κ2) is 7.54. The Morgan fingerprint density at radius 1 is 0.667 bits per heavy atom. The highest BCUT2D eigenvalue weighted by Gasteiger charge is 2.13. The zero-order valence-corrected chi connectivity index (χ0v) is 15.2. The summed E-state index contributed by atoms with van der Waals surface area (Å²) < 4.78 is 5.75. The quantitative estimate of drug-likeness (QED) is 0.483. The summed E-state index contributed by atoms with van der Waals surface area (Å²) in [6, 6.07) is 18.1. The molecular weight excluding hydrogens is 388 g/mol. The molecule has 0 radical (unpaired) electrons. The topological polar surface area (TPSA) is 21.3 Å². The van der Waals surface area contributed by atoms with Gasteiger partial charge in [-0.3, -0.25) is 0 Å². The summed E-state index contributed by atoms with van der Waals surface area (Å²) in [6.07, 6.45) is 0. The first-order valence-corrected chi connectivity index (χ1v) is 8.48. The van der Waals surface area contributed by atoms with Crippen molar-refractivity contribution in [3.8, 4) is 11.5 Å². The van der Waals surface area contributed by atoms with E-state index in [9.17, 15) is 0 Å². The van der Waals surface area contributed by atoms with Gasteiger partial charge in [-0.15, -0.1) is 0 Å². The summed E-state index contributed by atoms with van der Waals surface area (Å²) in [5.41, 5.74) is 1.69. The Morgan fingerprint density at radius 2 is 1.33 bits per heavy atom. The first-order valence-electron chi connectivity index (χ1n) is 6.97. The van der Waals surface area contributed by atoms with Crippen LogP contribution in [0.5, 0.6) is 11.5 Å². The molecule has 0 heterocycles. The van der Waals surface area contributed by atoms with Gasteiger partial charge >= 0.3 is 0 Å². The number of para-hydroxylation sites is 1. The molecule has 3 aromatic rings. The van der Waals surface area contributed by atoms with Crippen LogP contribution in [-0.2, 0) is 0 Å². The fourth-order valence-electron chi connectivity index (χ4n) is 2.09. The SMILES string of the molecule is Clc1ccc(Oc2c(Cl)cc(Nc3ccccc3)cc2Cl)c(Cl)c1. The Hall–Kier alpha value is -1.58. The van der Waals surface area contributed by atoms with Gasteiger partial charge in [-0.05, 0) is 42.5 Å². The van der Waals surface area contributed by atoms with Crippen molar-refractivity contribution in [1.29, 1.82) is 0 Å². The van der Waals surface area contributed by atoms with E-state index in [1.807, 2.05) is 30.3 Å². The molecule has 0 aliphatic heterocycles. The zero-order valence-electron chi connectivity index (χ0n) is 12.2. The van der Waals surface area contributed by atoms with Gasteiger partial charge in [-0.25, -0.2) is 0 Å². The van der Waals surface area contributed by atoms with Crippen LogP contribution in [0.4, 0.5) is 11.4 Å². The smallest absolute Gasteiger partial charge is 0.164 e. The summed E-state index contributed by atoms with van der Waals surface area (Å²) in [7, 11) is 0. The van der Waals surface area contributed by atoms with Crippen molar-refractivity contribution in [3.05, 3.63) is 80.8 Å². The van der Waals surface area contributed by atoms with E-state index in [4.69, 9.17) is 51.1 Å². The predicted molar refractivity (Wildman–Crippen MR) is 103 cm³/mol. The second-order valence-electron chi connectivity index (χ2n) is 4.94. The lowest BCUT2D eigenvalue weighted by Crippen LogP contribution is -1.93. The largest absolute Gasteiger partial charge is 0.453 e. The van der Waals surface area contributed by atoms with E-state index in [1.54, 1.807) is 30.3 Å². The van der Waals surface area contributed by atoms with Crippen LogP contribution >= 0.6 is 46.4 Å². The molecule has 0 amide bonds. The molecule has 1 N–H and O–H groups in total. The number of hydrogen-bond donors (Lipinski definition) is 1. The highest BCUT2D eigenvalue weighted by atomic mass is 35.5. The molecule has 2 nitrogen and oxygen atoms in total. The van der Waals surface area contributed by atoms with Gasteiger partial charge in [0.05, 0.1) is 15.1 Å². The highest BCUT2D eigenvalue weighted by molar-refractivity contribution is 6.38. The molecule has 122 valence electrons. The van der Waals surface area contributed by atoms with Crippen molar-refractivity contribution in [2.24, 2.45) is 0 Å². The maximum atomic E-state index is 6.32. The second-order valence-corrected chi connectivity index (χ2v) is 6.59. The van der Waals surface area contributed by atoms with E-state index < -0.39 is 0 Å². The van der Waals surface area contributed by atoms with Crippen molar-refractivity contribution in [2.75, 3.05) is 5.32 Å². The summed E-state index contributed by atoms with van der Waals surface area (Å²) >= 11 is 24.6. The number of halogens is 4. The molecule has 0 fully saturated rings. The van der Waals surface area contributed by atoms with Crippen LogP contribution < -0.4 is 10.1 Å². The first kappa shape index (κ1) is 17.2. The van der Waals surface area contributed by atoms with Gasteiger partial charge in [0.25, 0.3) is 0 Å². The van der Waals surface area contributed by atoms with Crippen LogP contribution in [0, 0.1) is 0 Å². The van der Waals surface area contributed by atoms with E-state index in [1.165, 1.54) is 0 Å². The molecule has 0 aromatic heterocycles. The number of rotatable bonds is 4. The van der Waals surface area contributed by atoms with Crippen molar-refractivity contribution in [1.82, 2.24) is 0 Å². The molecule has 0 saturated heterocycles. The van der Waals surface area contributed by atoms with Crippen LogP contribution in [0.2, 0.25) is 20.1 Å². The lowest BCUT2D eigenvalue weighted by atomic mass is 10.2. The number of nitrogens with one attached hydrogen (secondary N) is 1. The van der Waals surface area contributed by atoms with E-state index in [-0.39, 0.29) is 0 Å². The van der Waals surface area contributed by atoms with Crippen molar-refractivity contribution < 1.29 is 4.74 Å². The van der Waals surface area contributed by atoms with Crippen LogP contribution in [0.3, 0.4) is 0 Å². The Morgan fingerprint density at radius 3 is 1.96 bits per heavy atom. The molecule has 0 atom stereocenters. The van der Waals surface area contributed by atoms with Gasteiger partial charge < -0.3 is 10.1 Å². The third-order valence-corrected chi connectivity index (χ3v) is 4.26. The molecule has 6 heteroatoms. The molecule has 3 aromatic carbocycles. The molecule has 0 aliphatic carbocycles. The third-order valence-electron chi connectivity index (χ3n) is 3.17. The average molecular weight is 399 g/mol. The zero-order chi connectivity index (χ0) is 17.1. The van der Waals surface area contributed by atoms with Crippen LogP contribution in [-0.4, -0.2) is 0 Å². The number of anilines is 2. The van der Waals surface area contributed by atoms with Crippen LogP contribution in [0.15, 0.2) is 60.7 Å². The number of hydrogen-bond acceptors (Lipinski definition) is 2. The standard InChI is InChI=1S/C18H11Cl4NO/c19-11-6-7-17(14(20)8-11)24-18-15(21)9-13(10-16(18)22)23-12-4-2-1-3-5-12/h1-10,23H. The Bertz CT molecular complexity index is 845. The third kappa shape index (κ3) is 4.08. The Kier molecular flexibility index (Phi) is 5.42. The summed E-state index contributed by atoms with van der Waals surface area (Å²) in [4.78, 5) is 0. The number of benzene rings is 3. The van der Waals surface area contributed by atoms with Gasteiger partial charge in [0.1, 0.15) is 5.75 Å².